The highest BCUT2D eigenvalue weighted by Gasteiger charge is 2.10. The molecule has 1 aromatic carbocycles. The molecule has 0 aliphatic carbocycles. The van der Waals surface area contributed by atoms with Crippen molar-refractivity contribution in [1.29, 1.82) is 0 Å². The first-order valence-corrected chi connectivity index (χ1v) is 8.49. The van der Waals surface area contributed by atoms with Crippen LogP contribution in [0.2, 0.25) is 0 Å². The minimum atomic E-state index is -0.475. The summed E-state index contributed by atoms with van der Waals surface area (Å²) in [6.07, 6.45) is 2.84. The van der Waals surface area contributed by atoms with Gasteiger partial charge in [-0.25, -0.2) is 5.43 Å². The predicted octanol–water partition coefficient (Wildman–Crippen LogP) is 2.25. The van der Waals surface area contributed by atoms with Gasteiger partial charge in [-0.05, 0) is 44.2 Å². The van der Waals surface area contributed by atoms with E-state index >= 15 is 0 Å². The smallest absolute Gasteiger partial charge is 0.249 e. The minimum Gasteiger partial charge on any atom is -0.497 e. The number of aryl methyl sites for hydroxylation is 1. The number of nitrogens with zero attached hydrogens (tertiary/aromatic N) is 2. The molecule has 2 rings (SSSR count). The lowest BCUT2D eigenvalue weighted by molar-refractivity contribution is -0.129. The molecule has 0 atom stereocenters. The molecule has 2 aromatic rings. The number of hydrazone groups is 1. The van der Waals surface area contributed by atoms with Crippen molar-refractivity contribution in [2.45, 2.75) is 20.3 Å². The molecule has 2 amide bonds. The first-order valence-electron chi connectivity index (χ1n) is 8.49. The second-order valence-electron chi connectivity index (χ2n) is 5.92. The van der Waals surface area contributed by atoms with Crippen molar-refractivity contribution >= 4 is 18.0 Å². The number of benzene rings is 1. The van der Waals surface area contributed by atoms with Crippen LogP contribution < -0.4 is 15.5 Å². The summed E-state index contributed by atoms with van der Waals surface area (Å²) in [4.78, 5) is 23.2. The molecule has 0 saturated carbocycles. The number of nitrogens with one attached hydrogen (secondary N) is 2. The number of amides is 2. The molecule has 0 saturated heterocycles. The van der Waals surface area contributed by atoms with Gasteiger partial charge < -0.3 is 14.6 Å². The van der Waals surface area contributed by atoms with Gasteiger partial charge in [-0.15, -0.1) is 6.58 Å². The molecule has 0 radical (unpaired) electrons. The predicted molar refractivity (Wildman–Crippen MR) is 105 cm³/mol. The van der Waals surface area contributed by atoms with Gasteiger partial charge in [-0.1, -0.05) is 6.08 Å². The number of ether oxygens (including phenoxy) is 1. The van der Waals surface area contributed by atoms with Crippen molar-refractivity contribution in [1.82, 2.24) is 15.3 Å². The molecule has 0 spiro atoms. The van der Waals surface area contributed by atoms with E-state index in [0.29, 0.717) is 6.54 Å². The van der Waals surface area contributed by atoms with Crippen LogP contribution in [0.3, 0.4) is 0 Å². The Kier molecular flexibility index (Phi) is 6.93. The monoisotopic (exact) mass is 368 g/mol. The molecule has 0 bridgehead atoms. The fraction of sp³-hybridized carbons (Fsp3) is 0.250. The summed E-state index contributed by atoms with van der Waals surface area (Å²) in [5, 5.41) is 6.49. The van der Waals surface area contributed by atoms with Gasteiger partial charge in [-0.2, -0.15) is 5.10 Å². The van der Waals surface area contributed by atoms with Gasteiger partial charge in [0.15, 0.2) is 0 Å². The van der Waals surface area contributed by atoms with Crippen molar-refractivity contribution in [3.8, 4) is 11.4 Å². The Labute approximate surface area is 158 Å². The molecule has 1 heterocycles. The quantitative estimate of drug-likeness (QED) is 0.324. The summed E-state index contributed by atoms with van der Waals surface area (Å²) in [5.74, 6) is -0.0557. The molecule has 2 N–H and O–H groups in total. The highest BCUT2D eigenvalue weighted by Crippen LogP contribution is 2.21. The second kappa shape index (κ2) is 9.38. The third kappa shape index (κ3) is 5.31. The zero-order valence-electron chi connectivity index (χ0n) is 15.8. The molecule has 0 fully saturated rings. The number of hydrogen-bond donors (Lipinski definition) is 2. The van der Waals surface area contributed by atoms with Gasteiger partial charge in [0.05, 0.1) is 13.3 Å². The molecule has 142 valence electrons. The highest BCUT2D eigenvalue weighted by molar-refractivity contribution is 5.97. The average Bonchev–Trinajstić information content (AvgIpc) is 2.93. The van der Waals surface area contributed by atoms with E-state index in [1.165, 1.54) is 0 Å². The van der Waals surface area contributed by atoms with E-state index in [1.54, 1.807) is 19.4 Å². The average molecular weight is 368 g/mol. The maximum atomic E-state index is 11.7. The highest BCUT2D eigenvalue weighted by atomic mass is 16.5. The van der Waals surface area contributed by atoms with E-state index < -0.39 is 5.91 Å². The van der Waals surface area contributed by atoms with Crippen molar-refractivity contribution in [3.63, 3.8) is 0 Å². The van der Waals surface area contributed by atoms with E-state index in [2.05, 4.69) is 27.0 Å². The summed E-state index contributed by atoms with van der Waals surface area (Å²) in [7, 11) is 1.63. The first-order chi connectivity index (χ1) is 13.0. The minimum absolute atomic E-state index is 0.282. The SMILES string of the molecule is C=CCNC(=O)CC(=O)N/N=C/c1cc(C)n(-c2ccc(OC)cc2)c1C. The third-order valence-corrected chi connectivity index (χ3v) is 3.96. The van der Waals surface area contributed by atoms with E-state index in [9.17, 15) is 9.59 Å². The van der Waals surface area contributed by atoms with Crippen molar-refractivity contribution in [3.05, 3.63) is 59.9 Å². The Morgan fingerprint density at radius 1 is 1.22 bits per heavy atom. The zero-order valence-corrected chi connectivity index (χ0v) is 15.8. The second-order valence-corrected chi connectivity index (χ2v) is 5.92. The molecule has 7 nitrogen and oxygen atoms in total. The fourth-order valence-corrected chi connectivity index (χ4v) is 2.65. The molecular formula is C20H24N4O3. The maximum absolute atomic E-state index is 11.7. The lowest BCUT2D eigenvalue weighted by atomic mass is 10.2. The summed E-state index contributed by atoms with van der Waals surface area (Å²) in [5.41, 5.74) is 6.27. The molecule has 0 aliphatic heterocycles. The summed E-state index contributed by atoms with van der Waals surface area (Å²) in [6.45, 7) is 7.79. The molecule has 1 aromatic heterocycles. The Morgan fingerprint density at radius 2 is 1.93 bits per heavy atom. The van der Waals surface area contributed by atoms with Crippen LogP contribution in [0.5, 0.6) is 5.75 Å². The van der Waals surface area contributed by atoms with Crippen LogP contribution in [-0.4, -0.2) is 36.3 Å². The van der Waals surface area contributed by atoms with Crippen LogP contribution >= 0.6 is 0 Å². The number of methoxy groups -OCH3 is 1. The van der Waals surface area contributed by atoms with Gasteiger partial charge in [0.2, 0.25) is 11.8 Å². The van der Waals surface area contributed by atoms with E-state index in [0.717, 1.165) is 28.4 Å². The summed E-state index contributed by atoms with van der Waals surface area (Å²) >= 11 is 0. The first kappa shape index (κ1) is 20.0. The van der Waals surface area contributed by atoms with Crippen molar-refractivity contribution in [2.75, 3.05) is 13.7 Å². The molecule has 0 unspecified atom stereocenters. The Hall–Kier alpha value is -3.35. The number of aromatic nitrogens is 1. The summed E-state index contributed by atoms with van der Waals surface area (Å²) in [6, 6.07) is 9.73. The maximum Gasteiger partial charge on any atom is 0.249 e. The lowest BCUT2D eigenvalue weighted by Crippen LogP contribution is -2.29. The molecule has 7 heteroatoms. The van der Waals surface area contributed by atoms with Gasteiger partial charge in [0, 0.05) is 29.2 Å². The Balaban J connectivity index is 2.05. The lowest BCUT2D eigenvalue weighted by Gasteiger charge is -2.10. The van der Waals surface area contributed by atoms with Crippen LogP contribution in [0, 0.1) is 13.8 Å². The van der Waals surface area contributed by atoms with Crippen LogP contribution in [-0.2, 0) is 9.59 Å². The molecule has 27 heavy (non-hydrogen) atoms. The van der Waals surface area contributed by atoms with Crippen molar-refractivity contribution in [2.24, 2.45) is 5.10 Å². The number of carbonyl (C=O) groups is 2. The Bertz CT molecular complexity index is 851. The van der Waals surface area contributed by atoms with Gasteiger partial charge in [0.1, 0.15) is 12.2 Å². The largest absolute Gasteiger partial charge is 0.497 e. The van der Waals surface area contributed by atoms with Crippen LogP contribution in [0.1, 0.15) is 23.4 Å². The Morgan fingerprint density at radius 3 is 2.56 bits per heavy atom. The van der Waals surface area contributed by atoms with Crippen LogP contribution in [0.15, 0.2) is 48.1 Å². The topological polar surface area (TPSA) is 84.7 Å². The number of rotatable bonds is 8. The van der Waals surface area contributed by atoms with E-state index in [1.807, 2.05) is 44.2 Å². The number of carbonyl (C=O) groups excluding carboxylic acids is 2. The van der Waals surface area contributed by atoms with Gasteiger partial charge in [0.25, 0.3) is 0 Å². The van der Waals surface area contributed by atoms with Crippen LogP contribution in [0.4, 0.5) is 0 Å². The summed E-state index contributed by atoms with van der Waals surface area (Å²) < 4.78 is 7.28. The van der Waals surface area contributed by atoms with E-state index in [-0.39, 0.29) is 12.3 Å². The van der Waals surface area contributed by atoms with Crippen LogP contribution in [0.25, 0.3) is 5.69 Å². The zero-order chi connectivity index (χ0) is 19.8. The normalized spacial score (nSPS) is 10.6. The van der Waals surface area contributed by atoms with Gasteiger partial charge in [-0.3, -0.25) is 9.59 Å². The third-order valence-electron chi connectivity index (χ3n) is 3.96. The van der Waals surface area contributed by atoms with E-state index in [4.69, 9.17) is 4.74 Å². The fourth-order valence-electron chi connectivity index (χ4n) is 2.65. The molecular weight excluding hydrogens is 344 g/mol. The number of hydrogen-bond acceptors (Lipinski definition) is 4. The van der Waals surface area contributed by atoms with Crippen molar-refractivity contribution < 1.29 is 14.3 Å². The molecule has 0 aliphatic rings. The standard InChI is InChI=1S/C20H24N4O3/c1-5-10-21-19(25)12-20(26)23-22-13-16-11-14(2)24(15(16)3)17-6-8-18(27-4)9-7-17/h5-9,11,13H,1,10,12H2,2-4H3,(H,21,25)(H,23,26)/b22-13+. The van der Waals surface area contributed by atoms with Gasteiger partial charge >= 0.3 is 0 Å².